The Bertz CT molecular complexity index is 1490. The number of nitrogens with zero attached hydrogens (tertiary/aromatic N) is 3. The molecule has 5 rings (SSSR count). The van der Waals surface area contributed by atoms with Gasteiger partial charge in [0.25, 0.3) is 5.91 Å². The van der Waals surface area contributed by atoms with E-state index in [0.717, 1.165) is 26.8 Å². The number of hydrogen-bond donors (Lipinski definition) is 2. The zero-order valence-corrected chi connectivity index (χ0v) is 19.5. The van der Waals surface area contributed by atoms with Crippen molar-refractivity contribution in [3.05, 3.63) is 89.7 Å². The minimum atomic E-state index is -0.312. The van der Waals surface area contributed by atoms with E-state index in [0.29, 0.717) is 22.8 Å². The van der Waals surface area contributed by atoms with Crippen molar-refractivity contribution in [1.82, 2.24) is 14.8 Å². The monoisotopic (exact) mass is 469 g/mol. The van der Waals surface area contributed by atoms with Gasteiger partial charge in [-0.1, -0.05) is 18.2 Å². The number of thiophene rings is 1. The number of aromatic nitrogens is 3. The van der Waals surface area contributed by atoms with Crippen molar-refractivity contribution < 1.29 is 9.53 Å². The van der Waals surface area contributed by atoms with Crippen molar-refractivity contribution in [2.75, 3.05) is 11.1 Å². The Labute approximate surface area is 200 Å². The zero-order chi connectivity index (χ0) is 23.7. The quantitative estimate of drug-likeness (QED) is 0.334. The topological polar surface area (TPSA) is 95.1 Å². The fourth-order valence-corrected chi connectivity index (χ4v) is 4.53. The second-order valence-corrected chi connectivity index (χ2v) is 8.97. The van der Waals surface area contributed by atoms with Crippen LogP contribution < -0.4 is 15.8 Å². The maximum atomic E-state index is 12.8. The summed E-state index contributed by atoms with van der Waals surface area (Å²) in [4.78, 5) is 17.1. The second-order valence-electron chi connectivity index (χ2n) is 8.02. The van der Waals surface area contributed by atoms with E-state index in [-0.39, 0.29) is 12.0 Å². The number of fused-ring (bicyclic) bond motifs is 1. The highest BCUT2D eigenvalue weighted by atomic mass is 32.1. The molecule has 8 heteroatoms. The predicted molar refractivity (Wildman–Crippen MR) is 136 cm³/mol. The minimum absolute atomic E-state index is 0.154. The number of hydrogen-bond acceptors (Lipinski definition) is 6. The lowest BCUT2D eigenvalue weighted by atomic mass is 10.1. The van der Waals surface area contributed by atoms with E-state index >= 15 is 0 Å². The number of carbonyl (C=O) groups is 1. The van der Waals surface area contributed by atoms with Gasteiger partial charge in [0.15, 0.2) is 11.6 Å². The fourth-order valence-electron chi connectivity index (χ4n) is 3.70. The first-order valence-corrected chi connectivity index (χ1v) is 11.6. The van der Waals surface area contributed by atoms with Crippen molar-refractivity contribution in [3.8, 4) is 16.9 Å². The van der Waals surface area contributed by atoms with E-state index in [2.05, 4.69) is 15.4 Å². The molecule has 5 aromatic rings. The Morgan fingerprint density at radius 3 is 2.82 bits per heavy atom. The van der Waals surface area contributed by atoms with Crippen molar-refractivity contribution in [1.29, 1.82) is 0 Å². The molecule has 2 aromatic carbocycles. The Kier molecular flexibility index (Phi) is 5.73. The number of ether oxygens (including phenoxy) is 1. The number of carbonyl (C=O) groups excluding carboxylic acids is 1. The van der Waals surface area contributed by atoms with Gasteiger partial charge in [-0.25, -0.2) is 4.98 Å². The minimum Gasteiger partial charge on any atom is -0.482 e. The Morgan fingerprint density at radius 2 is 2.00 bits per heavy atom. The van der Waals surface area contributed by atoms with Crippen LogP contribution >= 0.6 is 11.3 Å². The smallest absolute Gasteiger partial charge is 0.255 e. The number of benzene rings is 2. The third kappa shape index (κ3) is 4.49. The molecule has 0 bridgehead atoms. The molecule has 1 amide bonds. The number of rotatable bonds is 6. The van der Waals surface area contributed by atoms with Crippen LogP contribution in [0.3, 0.4) is 0 Å². The van der Waals surface area contributed by atoms with Crippen LogP contribution in [0.1, 0.15) is 28.9 Å². The molecule has 0 aliphatic heterocycles. The largest absolute Gasteiger partial charge is 0.482 e. The van der Waals surface area contributed by atoms with Gasteiger partial charge in [-0.2, -0.15) is 5.10 Å². The zero-order valence-electron chi connectivity index (χ0n) is 18.7. The highest BCUT2D eigenvalue weighted by Gasteiger charge is 2.14. The maximum absolute atomic E-state index is 12.8. The summed E-state index contributed by atoms with van der Waals surface area (Å²) in [5.41, 5.74) is 10.1. The van der Waals surface area contributed by atoms with Gasteiger partial charge in [0.1, 0.15) is 6.10 Å². The summed E-state index contributed by atoms with van der Waals surface area (Å²) in [6.45, 7) is 1.93. The summed E-state index contributed by atoms with van der Waals surface area (Å²) in [7, 11) is 1.86. The van der Waals surface area contributed by atoms with Crippen molar-refractivity contribution in [3.63, 3.8) is 0 Å². The van der Waals surface area contributed by atoms with Gasteiger partial charge in [0.2, 0.25) is 0 Å². The molecular formula is C26H23N5O2S. The molecule has 0 aliphatic carbocycles. The van der Waals surface area contributed by atoms with Gasteiger partial charge in [-0.15, -0.1) is 11.3 Å². The average molecular weight is 470 g/mol. The summed E-state index contributed by atoms with van der Waals surface area (Å²) in [6.07, 6.45) is 5.06. The normalized spacial score (nSPS) is 11.9. The number of aryl methyl sites for hydroxylation is 1. The summed E-state index contributed by atoms with van der Waals surface area (Å²) in [5, 5.41) is 10.3. The molecule has 3 aromatic heterocycles. The van der Waals surface area contributed by atoms with E-state index in [1.54, 1.807) is 28.4 Å². The van der Waals surface area contributed by atoms with Gasteiger partial charge in [0, 0.05) is 46.5 Å². The van der Waals surface area contributed by atoms with E-state index in [4.69, 9.17) is 10.5 Å². The SMILES string of the molecule is C[C@@H](Oc1cc(-c2cnn(C)c2)cnc1N)c1cccc(NC(=O)c2ccc3ccsc3c2)c1. The summed E-state index contributed by atoms with van der Waals surface area (Å²) >= 11 is 1.62. The lowest BCUT2D eigenvalue weighted by molar-refractivity contribution is 0.102. The first-order valence-electron chi connectivity index (χ1n) is 10.8. The fraction of sp³-hybridized carbons (Fsp3) is 0.115. The summed E-state index contributed by atoms with van der Waals surface area (Å²) in [6, 6.07) is 17.2. The molecule has 0 aliphatic rings. The van der Waals surface area contributed by atoms with E-state index in [1.165, 1.54) is 0 Å². The second kappa shape index (κ2) is 8.99. The molecule has 170 valence electrons. The van der Waals surface area contributed by atoms with Crippen molar-refractivity contribution in [2.45, 2.75) is 13.0 Å². The summed E-state index contributed by atoms with van der Waals surface area (Å²) in [5.74, 6) is 0.652. The highest BCUT2D eigenvalue weighted by Crippen LogP contribution is 2.31. The number of nitrogen functional groups attached to an aromatic ring is 1. The predicted octanol–water partition coefficient (Wildman–Crippen LogP) is 5.67. The van der Waals surface area contributed by atoms with Gasteiger partial charge >= 0.3 is 0 Å². The molecule has 3 N–H and O–H groups in total. The molecule has 0 saturated carbocycles. The van der Waals surface area contributed by atoms with Gasteiger partial charge in [-0.05, 0) is 59.7 Å². The summed E-state index contributed by atoms with van der Waals surface area (Å²) < 4.78 is 8.97. The molecule has 0 fully saturated rings. The number of nitrogens with two attached hydrogens (primary N) is 1. The molecule has 34 heavy (non-hydrogen) atoms. The Morgan fingerprint density at radius 1 is 1.12 bits per heavy atom. The third-order valence-corrected chi connectivity index (χ3v) is 6.44. The lowest BCUT2D eigenvalue weighted by Gasteiger charge is -2.17. The molecule has 0 unspecified atom stereocenters. The van der Waals surface area contributed by atoms with Crippen LogP contribution in [0.4, 0.5) is 11.5 Å². The number of nitrogens with one attached hydrogen (secondary N) is 1. The van der Waals surface area contributed by atoms with Crippen molar-refractivity contribution in [2.24, 2.45) is 7.05 Å². The van der Waals surface area contributed by atoms with Gasteiger partial charge in [0.05, 0.1) is 6.20 Å². The number of amides is 1. The molecule has 0 radical (unpaired) electrons. The highest BCUT2D eigenvalue weighted by molar-refractivity contribution is 7.17. The molecule has 3 heterocycles. The first-order chi connectivity index (χ1) is 16.5. The van der Waals surface area contributed by atoms with Crippen LogP contribution in [-0.2, 0) is 7.05 Å². The van der Waals surface area contributed by atoms with Crippen LogP contribution in [0.15, 0.2) is 78.6 Å². The maximum Gasteiger partial charge on any atom is 0.255 e. The van der Waals surface area contributed by atoms with Crippen LogP contribution in [0.25, 0.3) is 21.2 Å². The molecule has 0 spiro atoms. The van der Waals surface area contributed by atoms with E-state index in [1.807, 2.05) is 80.1 Å². The Balaban J connectivity index is 1.32. The van der Waals surface area contributed by atoms with Crippen LogP contribution in [0.2, 0.25) is 0 Å². The van der Waals surface area contributed by atoms with Gasteiger partial charge < -0.3 is 15.8 Å². The standard InChI is InChI=1S/C26H23N5O2S/c1-16(33-23-11-20(13-28-25(23)27)21-14-29-31(2)15-21)18-4-3-5-22(10-18)30-26(32)19-7-6-17-8-9-34-24(17)12-19/h3-16H,1-2H3,(H2,27,28)(H,30,32)/t16-/m1/s1. The van der Waals surface area contributed by atoms with Crippen LogP contribution in [0.5, 0.6) is 5.75 Å². The molecular weight excluding hydrogens is 446 g/mol. The average Bonchev–Trinajstić information content (AvgIpc) is 3.49. The number of anilines is 2. The lowest BCUT2D eigenvalue weighted by Crippen LogP contribution is -2.12. The third-order valence-electron chi connectivity index (χ3n) is 5.56. The van der Waals surface area contributed by atoms with Crippen molar-refractivity contribution >= 4 is 38.8 Å². The Hall–Kier alpha value is -4.17. The molecule has 7 nitrogen and oxygen atoms in total. The molecule has 1 atom stereocenters. The molecule has 0 saturated heterocycles. The van der Waals surface area contributed by atoms with Gasteiger partial charge in [-0.3, -0.25) is 9.48 Å². The van der Waals surface area contributed by atoms with Crippen LogP contribution in [-0.4, -0.2) is 20.7 Å². The van der Waals surface area contributed by atoms with E-state index < -0.39 is 0 Å². The van der Waals surface area contributed by atoms with Crippen LogP contribution in [0, 0.1) is 0 Å². The first kappa shape index (κ1) is 21.7. The number of pyridine rings is 1. The van der Waals surface area contributed by atoms with E-state index in [9.17, 15) is 4.79 Å².